The number of hydrogen-bond donors (Lipinski definition) is 11. The van der Waals surface area contributed by atoms with Gasteiger partial charge in [0.05, 0.1) is 24.9 Å². The summed E-state index contributed by atoms with van der Waals surface area (Å²) in [5.74, 6) is 0. The van der Waals surface area contributed by atoms with Gasteiger partial charge in [-0.15, -0.1) is 0 Å². The molecule has 0 aliphatic carbocycles. The molecule has 0 spiro atoms. The smallest absolute Gasteiger partial charge is 0.187 e. The lowest BCUT2D eigenvalue weighted by Crippen LogP contribution is -2.62. The minimum absolute atomic E-state index is 0.157. The van der Waals surface area contributed by atoms with E-state index in [2.05, 4.69) is 0 Å². The minimum atomic E-state index is -1.82. The second-order valence-electron chi connectivity index (χ2n) is 10.2. The molecule has 11 N–H and O–H groups in total. The Hall–Kier alpha value is -0.640. The number of aliphatic hydroxyl groups is 11. The molecule has 16 nitrogen and oxygen atoms in total. The minimum Gasteiger partial charge on any atom is -0.394 e. The van der Waals surface area contributed by atoms with E-state index in [9.17, 15) is 56.2 Å². The molecule has 0 saturated carbocycles. The lowest BCUT2D eigenvalue weighted by atomic mass is 9.88. The Morgan fingerprint density at radius 2 is 1.11 bits per heavy atom. The van der Waals surface area contributed by atoms with E-state index < -0.39 is 111 Å². The zero-order valence-electron chi connectivity index (χ0n) is 20.9. The fourth-order valence-electron chi connectivity index (χ4n) is 4.63. The predicted molar refractivity (Wildman–Crippen MR) is 120 cm³/mol. The van der Waals surface area contributed by atoms with Crippen molar-refractivity contribution in [1.82, 2.24) is 0 Å². The van der Waals surface area contributed by atoms with Crippen molar-refractivity contribution in [3.63, 3.8) is 0 Å². The van der Waals surface area contributed by atoms with Crippen LogP contribution < -0.4 is 0 Å². The summed E-state index contributed by atoms with van der Waals surface area (Å²) in [6.07, 6.45) is -23.7. The van der Waals surface area contributed by atoms with Crippen molar-refractivity contribution in [3.8, 4) is 0 Å². The van der Waals surface area contributed by atoms with Crippen molar-refractivity contribution < 1.29 is 79.9 Å². The first-order valence-electron chi connectivity index (χ1n) is 12.4. The van der Waals surface area contributed by atoms with Crippen molar-refractivity contribution in [2.75, 3.05) is 13.2 Å². The fourth-order valence-corrected chi connectivity index (χ4v) is 4.63. The molecule has 16 heteroatoms. The van der Waals surface area contributed by atoms with Crippen molar-refractivity contribution >= 4 is 0 Å². The summed E-state index contributed by atoms with van der Waals surface area (Å²) in [6, 6.07) is 0. The van der Waals surface area contributed by atoms with Crippen LogP contribution in [-0.2, 0) is 23.7 Å². The van der Waals surface area contributed by atoms with Crippen LogP contribution in [0.2, 0.25) is 0 Å². The molecule has 16 unspecified atom stereocenters. The van der Waals surface area contributed by atoms with Gasteiger partial charge < -0.3 is 79.9 Å². The van der Waals surface area contributed by atoms with E-state index in [0.717, 1.165) is 0 Å². The van der Waals surface area contributed by atoms with Gasteiger partial charge in [0.15, 0.2) is 18.9 Å². The summed E-state index contributed by atoms with van der Waals surface area (Å²) in [5, 5.41) is 110. The van der Waals surface area contributed by atoms with Gasteiger partial charge in [0, 0.05) is 6.42 Å². The fraction of sp³-hybridized carbons (Fsp3) is 1.00. The molecule has 0 aromatic carbocycles. The third-order valence-electron chi connectivity index (χ3n) is 7.41. The molecule has 3 saturated heterocycles. The van der Waals surface area contributed by atoms with Gasteiger partial charge >= 0.3 is 0 Å². The van der Waals surface area contributed by atoms with Crippen LogP contribution in [0.3, 0.4) is 0 Å². The van der Waals surface area contributed by atoms with E-state index in [-0.39, 0.29) is 12.8 Å². The van der Waals surface area contributed by atoms with Crippen LogP contribution in [0.4, 0.5) is 0 Å². The maximum atomic E-state index is 10.6. The molecule has 0 amide bonds. The summed E-state index contributed by atoms with van der Waals surface area (Å²) >= 11 is 0. The molecule has 0 bridgehead atoms. The third-order valence-corrected chi connectivity index (χ3v) is 7.41. The van der Waals surface area contributed by atoms with Crippen molar-refractivity contribution in [3.05, 3.63) is 0 Å². The SMILES string of the molecule is CCC(C)(CC1OC(OCC2OC(O)C(O)C(O)C2O)C(O)C(O)C1O)OC1OC(CO)C(O)C(O)C1O. The number of hydrogen-bond acceptors (Lipinski definition) is 16. The molecule has 3 rings (SSSR count). The second kappa shape index (κ2) is 12.9. The highest BCUT2D eigenvalue weighted by Crippen LogP contribution is 2.34. The number of aliphatic hydroxyl groups excluding tert-OH is 11. The normalized spacial score (nSPS) is 50.0. The van der Waals surface area contributed by atoms with E-state index >= 15 is 0 Å². The van der Waals surface area contributed by atoms with Gasteiger partial charge in [-0.2, -0.15) is 0 Å². The van der Waals surface area contributed by atoms with Crippen LogP contribution in [0.15, 0.2) is 0 Å². The quantitative estimate of drug-likeness (QED) is 0.125. The number of rotatable bonds is 9. The first kappa shape index (κ1) is 31.9. The summed E-state index contributed by atoms with van der Waals surface area (Å²) in [6.45, 7) is 2.06. The zero-order valence-corrected chi connectivity index (χ0v) is 20.9. The Balaban J connectivity index is 1.67. The second-order valence-corrected chi connectivity index (χ2v) is 10.2. The van der Waals surface area contributed by atoms with Crippen LogP contribution >= 0.6 is 0 Å². The molecular formula is C22H40O16. The van der Waals surface area contributed by atoms with Gasteiger partial charge in [-0.05, 0) is 13.3 Å². The van der Waals surface area contributed by atoms with Gasteiger partial charge in [0.25, 0.3) is 0 Å². The largest absolute Gasteiger partial charge is 0.394 e. The molecular weight excluding hydrogens is 520 g/mol. The maximum absolute atomic E-state index is 10.6. The molecule has 3 aliphatic rings. The number of ether oxygens (including phenoxy) is 5. The molecule has 16 atom stereocenters. The highest BCUT2D eigenvalue weighted by atomic mass is 16.7. The van der Waals surface area contributed by atoms with Crippen LogP contribution in [0.5, 0.6) is 0 Å². The molecule has 0 aromatic heterocycles. The Labute approximate surface area is 218 Å². The molecule has 38 heavy (non-hydrogen) atoms. The average molecular weight is 561 g/mol. The van der Waals surface area contributed by atoms with E-state index in [0.29, 0.717) is 0 Å². The highest BCUT2D eigenvalue weighted by Gasteiger charge is 2.50. The van der Waals surface area contributed by atoms with E-state index in [4.69, 9.17) is 23.7 Å². The van der Waals surface area contributed by atoms with Crippen molar-refractivity contribution in [1.29, 1.82) is 0 Å². The Morgan fingerprint density at radius 3 is 1.68 bits per heavy atom. The third kappa shape index (κ3) is 6.63. The van der Waals surface area contributed by atoms with Gasteiger partial charge in [-0.3, -0.25) is 0 Å². The van der Waals surface area contributed by atoms with Crippen LogP contribution in [0.25, 0.3) is 0 Å². The standard InChI is InChI=1S/C22H40O16/c1-3-22(2,38-21-18(32)15(29)11(25)8(5-23)37-21)4-7-10(24)14(28)17(31)20(36-7)34-6-9-12(26)13(27)16(30)19(33)35-9/h7-21,23-33H,3-6H2,1-2H3. The molecule has 3 aliphatic heterocycles. The van der Waals surface area contributed by atoms with Crippen LogP contribution in [0, 0.1) is 0 Å². The highest BCUT2D eigenvalue weighted by molar-refractivity contribution is 4.95. The molecule has 0 radical (unpaired) electrons. The van der Waals surface area contributed by atoms with Crippen LogP contribution in [0.1, 0.15) is 26.7 Å². The zero-order chi connectivity index (χ0) is 28.5. The lowest BCUT2D eigenvalue weighted by Gasteiger charge is -2.46. The predicted octanol–water partition coefficient (Wildman–Crippen LogP) is -6.01. The first-order chi connectivity index (χ1) is 17.7. The summed E-state index contributed by atoms with van der Waals surface area (Å²) in [4.78, 5) is 0. The topological polar surface area (TPSA) is 269 Å². The monoisotopic (exact) mass is 560 g/mol. The molecule has 0 aromatic rings. The van der Waals surface area contributed by atoms with E-state index in [1.807, 2.05) is 0 Å². The first-order valence-corrected chi connectivity index (χ1v) is 12.4. The van der Waals surface area contributed by atoms with Crippen molar-refractivity contribution in [2.24, 2.45) is 0 Å². The molecule has 224 valence electrons. The van der Waals surface area contributed by atoms with E-state index in [1.165, 1.54) is 0 Å². The van der Waals surface area contributed by atoms with Gasteiger partial charge in [0.2, 0.25) is 0 Å². The van der Waals surface area contributed by atoms with Gasteiger partial charge in [-0.25, -0.2) is 0 Å². The molecule has 3 heterocycles. The summed E-state index contributed by atoms with van der Waals surface area (Å²) in [5.41, 5.74) is -1.24. The summed E-state index contributed by atoms with van der Waals surface area (Å²) in [7, 11) is 0. The maximum Gasteiger partial charge on any atom is 0.187 e. The van der Waals surface area contributed by atoms with Gasteiger partial charge in [0.1, 0.15) is 67.1 Å². The Bertz CT molecular complexity index is 744. The van der Waals surface area contributed by atoms with Crippen molar-refractivity contribution in [2.45, 2.75) is 124 Å². The molecule has 3 fully saturated rings. The van der Waals surface area contributed by atoms with Crippen LogP contribution in [-0.4, -0.2) is 167 Å². The Kier molecular flexibility index (Phi) is 10.8. The van der Waals surface area contributed by atoms with Gasteiger partial charge in [-0.1, -0.05) is 6.92 Å². The lowest BCUT2D eigenvalue weighted by molar-refractivity contribution is -0.342. The summed E-state index contributed by atoms with van der Waals surface area (Å²) < 4.78 is 27.4. The Morgan fingerprint density at radius 1 is 0.605 bits per heavy atom. The van der Waals surface area contributed by atoms with E-state index in [1.54, 1.807) is 13.8 Å². The average Bonchev–Trinajstić information content (AvgIpc) is 2.89.